The Balaban J connectivity index is 1.90. The number of hydrogen-bond acceptors (Lipinski definition) is 4. The second kappa shape index (κ2) is 6.17. The lowest BCUT2D eigenvalue weighted by molar-refractivity contribution is 0.0708. The molecular formula is C17H20N4OS. The number of carbonyl (C=O) groups is 1. The van der Waals surface area contributed by atoms with Crippen molar-refractivity contribution in [2.24, 2.45) is 7.05 Å². The molecule has 0 N–H and O–H groups in total. The Morgan fingerprint density at radius 1 is 1.61 bits per heavy atom. The van der Waals surface area contributed by atoms with E-state index in [1.54, 1.807) is 35.2 Å². The van der Waals surface area contributed by atoms with Gasteiger partial charge in [0.25, 0.3) is 5.91 Å². The summed E-state index contributed by atoms with van der Waals surface area (Å²) in [6.45, 7) is 2.11. The van der Waals surface area contributed by atoms with Crippen molar-refractivity contribution in [3.05, 3.63) is 39.1 Å². The first-order valence-electron chi connectivity index (χ1n) is 7.87. The highest BCUT2D eigenvalue weighted by Crippen LogP contribution is 2.38. The number of nitriles is 1. The summed E-state index contributed by atoms with van der Waals surface area (Å²) >= 11 is 1.73. The summed E-state index contributed by atoms with van der Waals surface area (Å²) in [6.07, 6.45) is 5.66. The normalized spacial score (nSPS) is 16.7. The maximum atomic E-state index is 12.9. The molecule has 0 aromatic carbocycles. The van der Waals surface area contributed by atoms with Gasteiger partial charge in [0.05, 0.1) is 27.2 Å². The minimum atomic E-state index is -0.0432. The summed E-state index contributed by atoms with van der Waals surface area (Å²) in [5.74, 6) is -0.0432. The minimum Gasteiger partial charge on any atom is -0.345 e. The van der Waals surface area contributed by atoms with Gasteiger partial charge in [-0.1, -0.05) is 6.92 Å². The fourth-order valence-corrected chi connectivity index (χ4v) is 4.36. The van der Waals surface area contributed by atoms with Crippen molar-refractivity contribution < 1.29 is 4.79 Å². The van der Waals surface area contributed by atoms with Crippen LogP contribution in [0.5, 0.6) is 0 Å². The number of aryl methyl sites for hydroxylation is 3. The van der Waals surface area contributed by atoms with Gasteiger partial charge < -0.3 is 9.47 Å². The van der Waals surface area contributed by atoms with Gasteiger partial charge in [-0.25, -0.2) is 4.98 Å². The maximum Gasteiger partial charge on any atom is 0.270 e. The summed E-state index contributed by atoms with van der Waals surface area (Å²) in [4.78, 5) is 20.6. The van der Waals surface area contributed by atoms with Crippen molar-refractivity contribution in [3.63, 3.8) is 0 Å². The predicted octanol–water partition coefficient (Wildman–Crippen LogP) is 3.07. The molecule has 0 saturated carbocycles. The Morgan fingerprint density at radius 3 is 3.04 bits per heavy atom. The van der Waals surface area contributed by atoms with E-state index in [-0.39, 0.29) is 11.9 Å². The first-order chi connectivity index (χ1) is 11.0. The molecule has 2 heterocycles. The van der Waals surface area contributed by atoms with E-state index in [9.17, 15) is 4.79 Å². The van der Waals surface area contributed by atoms with Crippen LogP contribution in [0.2, 0.25) is 0 Å². The molecule has 0 saturated heterocycles. The van der Waals surface area contributed by atoms with Gasteiger partial charge in [0.1, 0.15) is 11.8 Å². The zero-order valence-corrected chi connectivity index (χ0v) is 14.5. The zero-order chi connectivity index (χ0) is 16.6. The lowest BCUT2D eigenvalue weighted by Crippen LogP contribution is -2.33. The molecule has 1 atom stereocenters. The molecule has 23 heavy (non-hydrogen) atoms. The van der Waals surface area contributed by atoms with Crippen LogP contribution in [0.15, 0.2) is 12.3 Å². The van der Waals surface area contributed by atoms with Gasteiger partial charge in [-0.3, -0.25) is 4.79 Å². The highest BCUT2D eigenvalue weighted by molar-refractivity contribution is 7.11. The number of nitrogens with zero attached hydrogens (tertiary/aromatic N) is 4. The molecule has 1 unspecified atom stereocenters. The van der Waals surface area contributed by atoms with Crippen molar-refractivity contribution in [1.82, 2.24) is 14.5 Å². The number of rotatable bonds is 3. The van der Waals surface area contributed by atoms with E-state index in [0.717, 1.165) is 36.4 Å². The maximum absolute atomic E-state index is 12.9. The van der Waals surface area contributed by atoms with E-state index in [0.29, 0.717) is 11.3 Å². The summed E-state index contributed by atoms with van der Waals surface area (Å²) < 4.78 is 1.73. The van der Waals surface area contributed by atoms with Crippen LogP contribution in [0.3, 0.4) is 0 Å². The third-order valence-corrected chi connectivity index (χ3v) is 5.75. The average molecular weight is 328 g/mol. The van der Waals surface area contributed by atoms with Gasteiger partial charge in [-0.05, 0) is 31.7 Å². The van der Waals surface area contributed by atoms with Crippen LogP contribution in [0.4, 0.5) is 0 Å². The smallest absolute Gasteiger partial charge is 0.270 e. The molecular weight excluding hydrogens is 308 g/mol. The molecule has 0 bridgehead atoms. The summed E-state index contributed by atoms with van der Waals surface area (Å²) in [7, 11) is 3.66. The molecule has 6 heteroatoms. The summed E-state index contributed by atoms with van der Waals surface area (Å²) in [5, 5.41) is 10.2. The van der Waals surface area contributed by atoms with E-state index in [2.05, 4.69) is 13.0 Å². The van der Waals surface area contributed by atoms with E-state index < -0.39 is 0 Å². The standard InChI is InChI=1S/C17H20N4OS/c1-4-15-19-12-6-5-7-13(16(12)23-15)21(3)17(22)14-8-11(9-18)10-20(14)2/h8,10,13H,4-7H2,1-3H3. The van der Waals surface area contributed by atoms with Crippen molar-refractivity contribution in [2.75, 3.05) is 7.05 Å². The summed E-state index contributed by atoms with van der Waals surface area (Å²) in [6, 6.07) is 3.84. The Kier molecular flexibility index (Phi) is 4.22. The fourth-order valence-electron chi connectivity index (χ4n) is 3.13. The van der Waals surface area contributed by atoms with Crippen molar-refractivity contribution in [3.8, 4) is 6.07 Å². The Hall–Kier alpha value is -2.13. The number of carbonyl (C=O) groups excluding carboxylic acids is 1. The van der Waals surface area contributed by atoms with Crippen LogP contribution >= 0.6 is 11.3 Å². The molecule has 120 valence electrons. The van der Waals surface area contributed by atoms with Crippen LogP contribution < -0.4 is 0 Å². The number of fused-ring (bicyclic) bond motifs is 1. The molecule has 1 aliphatic carbocycles. The van der Waals surface area contributed by atoms with Gasteiger partial charge in [-0.15, -0.1) is 11.3 Å². The molecule has 3 rings (SSSR count). The van der Waals surface area contributed by atoms with Crippen LogP contribution in [-0.4, -0.2) is 27.4 Å². The van der Waals surface area contributed by atoms with Gasteiger partial charge in [0.2, 0.25) is 0 Å². The second-order valence-corrected chi connectivity index (χ2v) is 7.05. The van der Waals surface area contributed by atoms with Crippen LogP contribution in [-0.2, 0) is 19.9 Å². The van der Waals surface area contributed by atoms with E-state index >= 15 is 0 Å². The van der Waals surface area contributed by atoms with Gasteiger partial charge in [0, 0.05) is 20.3 Å². The summed E-state index contributed by atoms with van der Waals surface area (Å²) in [5.41, 5.74) is 2.23. The minimum absolute atomic E-state index is 0.0432. The van der Waals surface area contributed by atoms with Gasteiger partial charge in [0.15, 0.2) is 0 Å². The lowest BCUT2D eigenvalue weighted by atomic mass is 9.97. The number of hydrogen-bond donors (Lipinski definition) is 0. The molecule has 0 aliphatic heterocycles. The highest BCUT2D eigenvalue weighted by atomic mass is 32.1. The quantitative estimate of drug-likeness (QED) is 0.870. The third-order valence-electron chi connectivity index (χ3n) is 4.41. The molecule has 0 radical (unpaired) electrons. The number of aromatic nitrogens is 2. The molecule has 0 spiro atoms. The van der Waals surface area contributed by atoms with E-state index in [1.165, 1.54) is 4.88 Å². The molecule has 2 aromatic rings. The number of amides is 1. The van der Waals surface area contributed by atoms with Crippen molar-refractivity contribution in [2.45, 2.75) is 38.6 Å². The van der Waals surface area contributed by atoms with Crippen LogP contribution in [0.1, 0.15) is 57.4 Å². The predicted molar refractivity (Wildman–Crippen MR) is 89.4 cm³/mol. The molecule has 2 aromatic heterocycles. The Morgan fingerprint density at radius 2 is 2.39 bits per heavy atom. The first-order valence-corrected chi connectivity index (χ1v) is 8.68. The largest absolute Gasteiger partial charge is 0.345 e. The number of thiazole rings is 1. The van der Waals surface area contributed by atoms with E-state index in [4.69, 9.17) is 10.2 Å². The highest BCUT2D eigenvalue weighted by Gasteiger charge is 2.31. The fraction of sp³-hybridized carbons (Fsp3) is 0.471. The average Bonchev–Trinajstić information content (AvgIpc) is 3.15. The zero-order valence-electron chi connectivity index (χ0n) is 13.7. The molecule has 0 fully saturated rings. The molecule has 1 amide bonds. The van der Waals surface area contributed by atoms with Crippen molar-refractivity contribution >= 4 is 17.2 Å². The molecule has 5 nitrogen and oxygen atoms in total. The lowest BCUT2D eigenvalue weighted by Gasteiger charge is -2.30. The monoisotopic (exact) mass is 328 g/mol. The van der Waals surface area contributed by atoms with Gasteiger partial charge >= 0.3 is 0 Å². The van der Waals surface area contributed by atoms with Gasteiger partial charge in [-0.2, -0.15) is 5.26 Å². The van der Waals surface area contributed by atoms with Crippen molar-refractivity contribution in [1.29, 1.82) is 5.26 Å². The van der Waals surface area contributed by atoms with E-state index in [1.807, 2.05) is 11.9 Å². The topological polar surface area (TPSA) is 61.9 Å². The first kappa shape index (κ1) is 15.8. The second-order valence-electron chi connectivity index (χ2n) is 5.93. The van der Waals surface area contributed by atoms with Crippen LogP contribution in [0, 0.1) is 11.3 Å². The Bertz CT molecular complexity index is 783. The molecule has 1 aliphatic rings. The SMILES string of the molecule is CCc1nc2c(s1)C(N(C)C(=O)c1cc(C#N)cn1C)CCC2. The third kappa shape index (κ3) is 2.77. The van der Waals surface area contributed by atoms with Crippen LogP contribution in [0.25, 0.3) is 0 Å². The Labute approximate surface area is 140 Å².